The number of rotatable bonds is 8. The summed E-state index contributed by atoms with van der Waals surface area (Å²) in [6.07, 6.45) is 1.23. The van der Waals surface area contributed by atoms with Crippen LogP contribution in [-0.2, 0) is 6.42 Å². The van der Waals surface area contributed by atoms with Gasteiger partial charge in [-0.05, 0) is 55.3 Å². The third kappa shape index (κ3) is 7.90. The van der Waals surface area contributed by atoms with E-state index in [9.17, 15) is 14.4 Å². The molecule has 4 rings (SSSR count). The van der Waals surface area contributed by atoms with Crippen molar-refractivity contribution in [1.82, 2.24) is 15.5 Å². The van der Waals surface area contributed by atoms with Gasteiger partial charge in [0.15, 0.2) is 0 Å². The zero-order chi connectivity index (χ0) is 28.5. The monoisotopic (exact) mass is 581 g/mol. The standard InChI is InChI=1S/C30H33Cl2N5O3/c1-2-33-30(40)37-15-7-14-36(16-17-37)26-13-12-23(29(39)35-27(32)18-21-8-4-3-5-9-21)20-25(26)34-28(38)22-10-6-11-24(31)19-22/h3-6,8-13,19-20,27H,2,7,14-18H2,1H3,(H,33,40)(H,34,38)(H,35,39). The molecule has 1 unspecified atom stereocenters. The number of carbonyl (C=O) groups excluding carboxylic acids is 3. The molecule has 3 aromatic carbocycles. The van der Waals surface area contributed by atoms with E-state index in [2.05, 4.69) is 20.9 Å². The van der Waals surface area contributed by atoms with Gasteiger partial charge >= 0.3 is 6.03 Å². The van der Waals surface area contributed by atoms with Gasteiger partial charge in [0.2, 0.25) is 0 Å². The Bertz CT molecular complexity index is 1340. The molecular formula is C30H33Cl2N5O3. The highest BCUT2D eigenvalue weighted by Crippen LogP contribution is 2.29. The molecule has 4 amide bonds. The predicted molar refractivity (Wildman–Crippen MR) is 161 cm³/mol. The molecule has 0 spiro atoms. The number of halogens is 2. The molecule has 0 saturated carbocycles. The van der Waals surface area contributed by atoms with E-state index in [-0.39, 0.29) is 17.8 Å². The Kier molecular flexibility index (Phi) is 10.3. The first-order valence-electron chi connectivity index (χ1n) is 13.3. The Balaban J connectivity index is 1.56. The fraction of sp³-hybridized carbons (Fsp3) is 0.300. The van der Waals surface area contributed by atoms with Crippen molar-refractivity contribution in [2.75, 3.05) is 42.9 Å². The van der Waals surface area contributed by atoms with Gasteiger partial charge in [-0.2, -0.15) is 0 Å². The second kappa shape index (κ2) is 14.1. The van der Waals surface area contributed by atoms with E-state index >= 15 is 0 Å². The molecule has 1 aliphatic rings. The molecule has 0 aliphatic carbocycles. The Morgan fingerprint density at radius 2 is 1.65 bits per heavy atom. The molecule has 210 valence electrons. The van der Waals surface area contributed by atoms with Gasteiger partial charge in [0.1, 0.15) is 5.50 Å². The van der Waals surface area contributed by atoms with E-state index in [0.717, 1.165) is 17.7 Å². The summed E-state index contributed by atoms with van der Waals surface area (Å²) in [5, 5.41) is 9.11. The Hall–Kier alpha value is -3.75. The lowest BCUT2D eigenvalue weighted by Gasteiger charge is -2.26. The summed E-state index contributed by atoms with van der Waals surface area (Å²) in [7, 11) is 0. The maximum atomic E-state index is 13.2. The van der Waals surface area contributed by atoms with Gasteiger partial charge in [0.05, 0.1) is 11.4 Å². The van der Waals surface area contributed by atoms with Crippen LogP contribution in [-0.4, -0.2) is 61.0 Å². The lowest BCUT2D eigenvalue weighted by Crippen LogP contribution is -2.42. The first-order chi connectivity index (χ1) is 19.3. The number of hydrogen-bond acceptors (Lipinski definition) is 4. The van der Waals surface area contributed by atoms with Crippen LogP contribution in [0.2, 0.25) is 5.02 Å². The van der Waals surface area contributed by atoms with Crippen molar-refractivity contribution in [1.29, 1.82) is 0 Å². The molecule has 1 aliphatic heterocycles. The largest absolute Gasteiger partial charge is 0.368 e. The maximum absolute atomic E-state index is 13.2. The van der Waals surface area contributed by atoms with E-state index in [0.29, 0.717) is 61.0 Å². The van der Waals surface area contributed by atoms with Crippen LogP contribution in [0.3, 0.4) is 0 Å². The Morgan fingerprint density at radius 1 is 0.875 bits per heavy atom. The highest BCUT2D eigenvalue weighted by molar-refractivity contribution is 6.31. The third-order valence-electron chi connectivity index (χ3n) is 6.59. The van der Waals surface area contributed by atoms with Crippen LogP contribution in [0.4, 0.5) is 16.2 Å². The van der Waals surface area contributed by atoms with Crippen molar-refractivity contribution >= 4 is 52.4 Å². The Morgan fingerprint density at radius 3 is 2.40 bits per heavy atom. The van der Waals surface area contributed by atoms with Crippen molar-refractivity contribution in [2.45, 2.75) is 25.3 Å². The van der Waals surface area contributed by atoms with Crippen molar-refractivity contribution in [3.63, 3.8) is 0 Å². The van der Waals surface area contributed by atoms with Gasteiger partial charge in [-0.15, -0.1) is 0 Å². The fourth-order valence-corrected chi connectivity index (χ4v) is 5.07. The summed E-state index contributed by atoms with van der Waals surface area (Å²) in [5.74, 6) is -0.696. The lowest BCUT2D eigenvalue weighted by molar-refractivity contribution is 0.0947. The van der Waals surface area contributed by atoms with Gasteiger partial charge in [-0.1, -0.05) is 59.6 Å². The van der Waals surface area contributed by atoms with Crippen molar-refractivity contribution in [3.05, 3.63) is 94.5 Å². The molecule has 10 heteroatoms. The molecule has 8 nitrogen and oxygen atoms in total. The quantitative estimate of drug-likeness (QED) is 0.246. The maximum Gasteiger partial charge on any atom is 0.317 e. The van der Waals surface area contributed by atoms with Crippen LogP contribution < -0.4 is 20.9 Å². The average Bonchev–Trinajstić information content (AvgIpc) is 3.20. The van der Waals surface area contributed by atoms with Crippen molar-refractivity contribution in [3.8, 4) is 0 Å². The fourth-order valence-electron chi connectivity index (χ4n) is 4.60. The number of hydrogen-bond donors (Lipinski definition) is 3. The Labute approximate surface area is 244 Å². The minimum atomic E-state index is -0.607. The second-order valence-electron chi connectivity index (χ2n) is 9.49. The molecule has 0 radical (unpaired) electrons. The van der Waals surface area contributed by atoms with Crippen molar-refractivity contribution in [2.24, 2.45) is 0 Å². The zero-order valence-corrected chi connectivity index (χ0v) is 23.8. The number of carbonyl (C=O) groups is 3. The summed E-state index contributed by atoms with van der Waals surface area (Å²) in [6, 6.07) is 21.5. The molecule has 1 fully saturated rings. The van der Waals surface area contributed by atoms with E-state index < -0.39 is 5.50 Å². The van der Waals surface area contributed by atoms with Crippen LogP contribution >= 0.6 is 23.2 Å². The van der Waals surface area contributed by atoms with Gasteiger partial charge in [-0.3, -0.25) is 9.59 Å². The van der Waals surface area contributed by atoms with Gasteiger partial charge in [-0.25, -0.2) is 4.79 Å². The first kappa shape index (κ1) is 29.2. The van der Waals surface area contributed by atoms with Crippen LogP contribution in [0.5, 0.6) is 0 Å². The number of urea groups is 1. The third-order valence-corrected chi connectivity index (χ3v) is 7.09. The topological polar surface area (TPSA) is 93.8 Å². The average molecular weight is 583 g/mol. The van der Waals surface area contributed by atoms with Gasteiger partial charge in [0, 0.05) is 55.3 Å². The number of anilines is 2. The summed E-state index contributed by atoms with van der Waals surface area (Å²) in [4.78, 5) is 42.6. The minimum absolute atomic E-state index is 0.0861. The number of alkyl halides is 1. The number of benzene rings is 3. The highest BCUT2D eigenvalue weighted by atomic mass is 35.5. The second-order valence-corrected chi connectivity index (χ2v) is 10.5. The molecule has 1 saturated heterocycles. The van der Waals surface area contributed by atoms with E-state index in [1.54, 1.807) is 41.3 Å². The lowest BCUT2D eigenvalue weighted by atomic mass is 10.1. The molecule has 40 heavy (non-hydrogen) atoms. The summed E-state index contributed by atoms with van der Waals surface area (Å²) in [6.45, 7) is 4.88. The SMILES string of the molecule is CCNC(=O)N1CCCN(c2ccc(C(=O)NC(Cl)Cc3ccccc3)cc2NC(=O)c2cccc(Cl)c2)CC1. The molecule has 3 aromatic rings. The summed E-state index contributed by atoms with van der Waals surface area (Å²) in [5.41, 5.74) is 2.41. The highest BCUT2D eigenvalue weighted by Gasteiger charge is 2.23. The first-order valence-corrected chi connectivity index (χ1v) is 14.1. The number of nitrogens with one attached hydrogen (secondary N) is 3. The normalized spacial score (nSPS) is 14.2. The van der Waals surface area contributed by atoms with Gasteiger partial charge in [0.25, 0.3) is 11.8 Å². The molecule has 3 N–H and O–H groups in total. The molecule has 0 bridgehead atoms. The summed E-state index contributed by atoms with van der Waals surface area (Å²) >= 11 is 12.6. The summed E-state index contributed by atoms with van der Waals surface area (Å²) < 4.78 is 0. The van der Waals surface area contributed by atoms with E-state index in [1.807, 2.05) is 43.3 Å². The molecule has 1 heterocycles. The molecular weight excluding hydrogens is 549 g/mol. The minimum Gasteiger partial charge on any atom is -0.368 e. The van der Waals surface area contributed by atoms with E-state index in [1.165, 1.54) is 0 Å². The number of amides is 4. The van der Waals surface area contributed by atoms with Crippen LogP contribution in [0.25, 0.3) is 0 Å². The zero-order valence-electron chi connectivity index (χ0n) is 22.3. The smallest absolute Gasteiger partial charge is 0.317 e. The van der Waals surface area contributed by atoms with Gasteiger partial charge < -0.3 is 25.8 Å². The van der Waals surface area contributed by atoms with Crippen LogP contribution in [0, 0.1) is 0 Å². The molecule has 0 aromatic heterocycles. The number of nitrogens with zero attached hydrogens (tertiary/aromatic N) is 2. The predicted octanol–water partition coefficient (Wildman–Crippen LogP) is 5.37. The molecule has 1 atom stereocenters. The van der Waals surface area contributed by atoms with Crippen molar-refractivity contribution < 1.29 is 14.4 Å². The van der Waals surface area contributed by atoms with Crippen LogP contribution in [0.15, 0.2) is 72.8 Å². The van der Waals surface area contributed by atoms with Crippen LogP contribution in [0.1, 0.15) is 39.6 Å². The van der Waals surface area contributed by atoms with E-state index in [4.69, 9.17) is 23.2 Å².